The fourth-order valence-electron chi connectivity index (χ4n) is 6.15. The van der Waals surface area contributed by atoms with Crippen LogP contribution in [0.15, 0.2) is 40.9 Å². The molecule has 2 unspecified atom stereocenters. The molecule has 2 N–H and O–H groups in total. The molecule has 2 aromatic carbocycles. The fraction of sp³-hybridized carbons (Fsp3) is 0.485. The van der Waals surface area contributed by atoms with E-state index in [0.29, 0.717) is 17.9 Å². The van der Waals surface area contributed by atoms with Crippen LogP contribution in [0.4, 0.5) is 14.6 Å². The SMILES string of the molecule is CCC1CCCN(c2nc3ccc(Br)cc3c(C(=O)NCC(C)(C)CC(CCC(=O)O)c3cc(F)ccc3F)c2C)C1. The van der Waals surface area contributed by atoms with Crippen molar-refractivity contribution in [3.8, 4) is 0 Å². The number of anilines is 1. The van der Waals surface area contributed by atoms with E-state index in [2.05, 4.69) is 33.1 Å². The van der Waals surface area contributed by atoms with Crippen LogP contribution in [0.25, 0.3) is 10.9 Å². The number of nitrogens with one attached hydrogen (secondary N) is 1. The minimum Gasteiger partial charge on any atom is -0.481 e. The number of hydrogen-bond acceptors (Lipinski definition) is 4. The molecule has 42 heavy (non-hydrogen) atoms. The van der Waals surface area contributed by atoms with Crippen molar-refractivity contribution in [2.24, 2.45) is 11.3 Å². The van der Waals surface area contributed by atoms with Crippen LogP contribution in [0.5, 0.6) is 0 Å². The first-order valence-electron chi connectivity index (χ1n) is 14.7. The Kier molecular flexibility index (Phi) is 10.2. The summed E-state index contributed by atoms with van der Waals surface area (Å²) in [6.45, 7) is 10.1. The second-order valence-electron chi connectivity index (χ2n) is 12.3. The molecule has 0 saturated carbocycles. The number of benzene rings is 2. The summed E-state index contributed by atoms with van der Waals surface area (Å²) in [5, 5.41) is 13.1. The Balaban J connectivity index is 1.60. The van der Waals surface area contributed by atoms with Gasteiger partial charge in [-0.15, -0.1) is 0 Å². The molecule has 3 aromatic rings. The van der Waals surface area contributed by atoms with Crippen molar-refractivity contribution in [2.75, 3.05) is 24.5 Å². The second kappa shape index (κ2) is 13.5. The number of nitrogens with zero attached hydrogens (tertiary/aromatic N) is 2. The van der Waals surface area contributed by atoms with Gasteiger partial charge in [-0.25, -0.2) is 13.8 Å². The number of carboxylic acids is 1. The Morgan fingerprint density at radius 1 is 1.21 bits per heavy atom. The molecule has 4 rings (SSSR count). The molecule has 9 heteroatoms. The average Bonchev–Trinajstić information content (AvgIpc) is 2.95. The lowest BCUT2D eigenvalue weighted by molar-refractivity contribution is -0.137. The lowest BCUT2D eigenvalue weighted by Crippen LogP contribution is -2.38. The third-order valence-corrected chi connectivity index (χ3v) is 8.91. The van der Waals surface area contributed by atoms with Gasteiger partial charge in [0.2, 0.25) is 0 Å². The van der Waals surface area contributed by atoms with Gasteiger partial charge >= 0.3 is 5.97 Å². The maximum Gasteiger partial charge on any atom is 0.303 e. The van der Waals surface area contributed by atoms with E-state index in [1.165, 1.54) is 6.42 Å². The topological polar surface area (TPSA) is 82.5 Å². The van der Waals surface area contributed by atoms with E-state index in [1.807, 2.05) is 39.0 Å². The van der Waals surface area contributed by atoms with Crippen molar-refractivity contribution in [3.63, 3.8) is 0 Å². The predicted octanol–water partition coefficient (Wildman–Crippen LogP) is 8.01. The summed E-state index contributed by atoms with van der Waals surface area (Å²) in [5.74, 6) is -1.46. The zero-order chi connectivity index (χ0) is 30.6. The highest BCUT2D eigenvalue weighted by Gasteiger charge is 2.30. The van der Waals surface area contributed by atoms with Crippen molar-refractivity contribution < 1.29 is 23.5 Å². The number of rotatable bonds is 11. The molecule has 0 aliphatic carbocycles. The second-order valence-corrected chi connectivity index (χ2v) is 13.2. The number of piperidine rings is 1. The minimum atomic E-state index is -0.996. The van der Waals surface area contributed by atoms with Gasteiger partial charge in [-0.3, -0.25) is 9.59 Å². The Morgan fingerprint density at radius 2 is 1.98 bits per heavy atom. The Morgan fingerprint density at radius 3 is 2.69 bits per heavy atom. The third kappa shape index (κ3) is 7.65. The molecule has 1 saturated heterocycles. The van der Waals surface area contributed by atoms with Gasteiger partial charge < -0.3 is 15.3 Å². The summed E-state index contributed by atoms with van der Waals surface area (Å²) < 4.78 is 29.6. The van der Waals surface area contributed by atoms with Crippen LogP contribution < -0.4 is 10.2 Å². The summed E-state index contributed by atoms with van der Waals surface area (Å²) in [5.41, 5.74) is 1.77. The van der Waals surface area contributed by atoms with Crippen molar-refractivity contribution in [3.05, 3.63) is 69.2 Å². The molecule has 1 fully saturated rings. The number of carboxylic acid groups (broad SMARTS) is 1. The third-order valence-electron chi connectivity index (χ3n) is 8.42. The van der Waals surface area contributed by atoms with E-state index in [1.54, 1.807) is 0 Å². The molecule has 2 heterocycles. The standard InChI is InChI=1S/C33H40BrF2N3O3/c1-5-21-7-6-14-39(18-21)31-20(2)30(26-15-23(34)9-12-28(26)38-31)32(42)37-19-33(3,4)17-22(8-13-29(40)41)25-16-24(35)10-11-27(25)36/h9-12,15-16,21-22H,5-8,13-14,17-19H2,1-4H3,(H,37,42)(H,40,41). The minimum absolute atomic E-state index is 0.160. The van der Waals surface area contributed by atoms with E-state index in [-0.39, 0.29) is 30.9 Å². The van der Waals surface area contributed by atoms with E-state index >= 15 is 0 Å². The van der Waals surface area contributed by atoms with E-state index < -0.39 is 28.9 Å². The zero-order valence-corrected chi connectivity index (χ0v) is 26.4. The smallest absolute Gasteiger partial charge is 0.303 e. The molecular weight excluding hydrogens is 604 g/mol. The lowest BCUT2D eigenvalue weighted by atomic mass is 9.77. The Hall–Kier alpha value is -3.07. The van der Waals surface area contributed by atoms with Crippen LogP contribution >= 0.6 is 15.9 Å². The molecule has 1 aromatic heterocycles. The van der Waals surface area contributed by atoms with Gasteiger partial charge in [-0.05, 0) is 91.8 Å². The Bertz CT molecular complexity index is 1460. The van der Waals surface area contributed by atoms with Crippen LogP contribution in [-0.2, 0) is 4.79 Å². The number of hydrogen-bond donors (Lipinski definition) is 2. The van der Waals surface area contributed by atoms with Gasteiger partial charge in [-0.1, -0.05) is 43.1 Å². The van der Waals surface area contributed by atoms with E-state index in [4.69, 9.17) is 4.98 Å². The van der Waals surface area contributed by atoms with Gasteiger partial charge in [0.1, 0.15) is 17.5 Å². The van der Waals surface area contributed by atoms with Crippen LogP contribution in [0.1, 0.15) is 86.7 Å². The summed E-state index contributed by atoms with van der Waals surface area (Å²) >= 11 is 3.54. The highest BCUT2D eigenvalue weighted by molar-refractivity contribution is 9.10. The van der Waals surface area contributed by atoms with Gasteiger partial charge in [-0.2, -0.15) is 0 Å². The first kappa shape index (κ1) is 31.9. The summed E-state index contributed by atoms with van der Waals surface area (Å²) in [6, 6.07) is 9.03. The first-order valence-corrected chi connectivity index (χ1v) is 15.5. The predicted molar refractivity (Wildman–Crippen MR) is 166 cm³/mol. The zero-order valence-electron chi connectivity index (χ0n) is 24.8. The van der Waals surface area contributed by atoms with Crippen LogP contribution in [-0.4, -0.2) is 41.6 Å². The highest BCUT2D eigenvalue weighted by atomic mass is 79.9. The van der Waals surface area contributed by atoms with E-state index in [9.17, 15) is 23.5 Å². The van der Waals surface area contributed by atoms with Crippen LogP contribution in [0, 0.1) is 29.9 Å². The maximum absolute atomic E-state index is 14.7. The molecule has 0 spiro atoms. The molecule has 226 valence electrons. The van der Waals surface area contributed by atoms with Crippen molar-refractivity contribution in [1.82, 2.24) is 10.3 Å². The van der Waals surface area contributed by atoms with E-state index in [0.717, 1.165) is 70.9 Å². The highest BCUT2D eigenvalue weighted by Crippen LogP contribution is 2.37. The average molecular weight is 645 g/mol. The summed E-state index contributed by atoms with van der Waals surface area (Å²) in [7, 11) is 0. The molecule has 0 bridgehead atoms. The molecule has 0 radical (unpaired) electrons. The number of halogens is 3. The Labute approximate surface area is 255 Å². The number of carbonyl (C=O) groups is 2. The van der Waals surface area contributed by atoms with Crippen molar-refractivity contribution in [2.45, 2.75) is 72.1 Å². The number of fused-ring (bicyclic) bond motifs is 1. The molecule has 2 atom stereocenters. The number of aromatic nitrogens is 1. The monoisotopic (exact) mass is 643 g/mol. The maximum atomic E-state index is 14.7. The molecule has 6 nitrogen and oxygen atoms in total. The molecule has 1 aliphatic rings. The van der Waals surface area contributed by atoms with Gasteiger partial charge in [0.15, 0.2) is 0 Å². The fourth-order valence-corrected chi connectivity index (χ4v) is 6.51. The quantitative estimate of drug-likeness (QED) is 0.221. The van der Waals surface area contributed by atoms with Crippen LogP contribution in [0.3, 0.4) is 0 Å². The lowest BCUT2D eigenvalue weighted by Gasteiger charge is -2.35. The van der Waals surface area contributed by atoms with Gasteiger partial charge in [0.25, 0.3) is 5.91 Å². The summed E-state index contributed by atoms with van der Waals surface area (Å²) in [6.07, 6.45) is 3.74. The first-order chi connectivity index (χ1) is 19.9. The number of amides is 1. The normalized spacial score (nSPS) is 16.5. The van der Waals surface area contributed by atoms with Gasteiger partial charge in [0, 0.05) is 41.5 Å². The molecule has 1 aliphatic heterocycles. The van der Waals surface area contributed by atoms with Crippen LogP contribution in [0.2, 0.25) is 0 Å². The van der Waals surface area contributed by atoms with Crippen molar-refractivity contribution >= 4 is 44.5 Å². The number of carbonyl (C=O) groups excluding carboxylic acids is 1. The van der Waals surface area contributed by atoms with Crippen molar-refractivity contribution in [1.29, 1.82) is 0 Å². The molecule has 1 amide bonds. The summed E-state index contributed by atoms with van der Waals surface area (Å²) in [4.78, 5) is 32.5. The number of pyridine rings is 1. The number of aliphatic carboxylic acids is 1. The molecular formula is C33H40BrF2N3O3. The largest absolute Gasteiger partial charge is 0.481 e. The van der Waals surface area contributed by atoms with Gasteiger partial charge in [0.05, 0.1) is 11.1 Å².